The Hall–Kier alpha value is -0.603. The van der Waals surface area contributed by atoms with Gasteiger partial charge in [-0.05, 0) is 37.0 Å². The van der Waals surface area contributed by atoms with Crippen molar-refractivity contribution in [1.29, 1.82) is 0 Å². The molecule has 20 heavy (non-hydrogen) atoms. The first-order chi connectivity index (χ1) is 9.17. The number of rotatable bonds is 6. The first-order valence-corrected chi connectivity index (χ1v) is 10.8. The normalized spacial score (nSPS) is 14.3. The lowest BCUT2D eigenvalue weighted by molar-refractivity contribution is 0.170. The Morgan fingerprint density at radius 1 is 1.10 bits per heavy atom. The van der Waals surface area contributed by atoms with Crippen molar-refractivity contribution in [2.45, 2.75) is 78.1 Å². The van der Waals surface area contributed by atoms with Crippen molar-refractivity contribution in [2.24, 2.45) is 0 Å². The van der Waals surface area contributed by atoms with Crippen molar-refractivity contribution in [3.05, 3.63) is 35.4 Å². The Bertz CT molecular complexity index is 400. The Morgan fingerprint density at radius 2 is 1.65 bits per heavy atom. The van der Waals surface area contributed by atoms with E-state index in [0.717, 1.165) is 6.42 Å². The molecule has 0 bridgehead atoms. The highest BCUT2D eigenvalue weighted by molar-refractivity contribution is 6.74. The van der Waals surface area contributed by atoms with Crippen LogP contribution in [0.2, 0.25) is 18.1 Å². The fraction of sp³-hybridized carbons (Fsp3) is 0.667. The van der Waals surface area contributed by atoms with Gasteiger partial charge in [-0.2, -0.15) is 0 Å². The van der Waals surface area contributed by atoms with Crippen LogP contribution in [0.3, 0.4) is 0 Å². The van der Waals surface area contributed by atoms with Gasteiger partial charge in [-0.25, -0.2) is 0 Å². The topological polar surface area (TPSA) is 9.23 Å². The van der Waals surface area contributed by atoms with E-state index in [9.17, 15) is 0 Å². The van der Waals surface area contributed by atoms with Crippen LogP contribution in [-0.4, -0.2) is 8.32 Å². The van der Waals surface area contributed by atoms with Crippen LogP contribution in [-0.2, 0) is 4.43 Å². The predicted octanol–water partition coefficient (Wildman–Crippen LogP) is 6.25. The molecule has 0 saturated carbocycles. The molecular formula is C18H32OSi. The molecule has 0 aliphatic rings. The second kappa shape index (κ2) is 6.90. The zero-order valence-corrected chi connectivity index (χ0v) is 15.4. The van der Waals surface area contributed by atoms with Crippen LogP contribution >= 0.6 is 0 Å². The molecule has 0 aliphatic heterocycles. The fourth-order valence-corrected chi connectivity index (χ4v) is 3.32. The van der Waals surface area contributed by atoms with Gasteiger partial charge >= 0.3 is 0 Å². The van der Waals surface area contributed by atoms with Crippen molar-refractivity contribution in [1.82, 2.24) is 0 Å². The molecule has 0 radical (unpaired) electrons. The van der Waals surface area contributed by atoms with Gasteiger partial charge in [0.1, 0.15) is 0 Å². The highest BCUT2D eigenvalue weighted by Gasteiger charge is 2.39. The van der Waals surface area contributed by atoms with Crippen molar-refractivity contribution < 1.29 is 4.43 Å². The Labute approximate surface area is 126 Å². The van der Waals surface area contributed by atoms with Crippen LogP contribution < -0.4 is 0 Å². The molecule has 0 amide bonds. The van der Waals surface area contributed by atoms with Gasteiger partial charge in [0.15, 0.2) is 8.32 Å². The van der Waals surface area contributed by atoms with E-state index in [4.69, 9.17) is 4.43 Å². The summed E-state index contributed by atoms with van der Waals surface area (Å²) in [6.07, 6.45) is 3.85. The molecule has 2 heteroatoms. The van der Waals surface area contributed by atoms with Crippen LogP contribution in [0.4, 0.5) is 0 Å². The lowest BCUT2D eigenvalue weighted by Crippen LogP contribution is -2.41. The average Bonchev–Trinajstić information content (AvgIpc) is 2.34. The van der Waals surface area contributed by atoms with Gasteiger partial charge in [-0.1, -0.05) is 70.4 Å². The lowest BCUT2D eigenvalue weighted by Gasteiger charge is -2.39. The average molecular weight is 293 g/mol. The molecule has 0 spiro atoms. The first kappa shape index (κ1) is 17.4. The molecule has 1 aromatic rings. The molecule has 0 aromatic heterocycles. The van der Waals surface area contributed by atoms with E-state index in [1.54, 1.807) is 0 Å². The third-order valence-corrected chi connectivity index (χ3v) is 9.00. The molecule has 0 saturated heterocycles. The number of hydrogen-bond donors (Lipinski definition) is 0. The van der Waals surface area contributed by atoms with Gasteiger partial charge in [0.05, 0.1) is 6.10 Å². The van der Waals surface area contributed by atoms with E-state index in [2.05, 4.69) is 72.0 Å². The second-order valence-electron chi connectivity index (χ2n) is 7.42. The minimum absolute atomic E-state index is 0.261. The largest absolute Gasteiger partial charge is 0.410 e. The van der Waals surface area contributed by atoms with Gasteiger partial charge in [0.25, 0.3) is 0 Å². The van der Waals surface area contributed by atoms with Crippen LogP contribution in [0.5, 0.6) is 0 Å². The molecule has 0 heterocycles. The fourth-order valence-electron chi connectivity index (χ4n) is 2.00. The van der Waals surface area contributed by atoms with Crippen LogP contribution in [0.15, 0.2) is 24.3 Å². The third kappa shape index (κ3) is 4.74. The Kier molecular flexibility index (Phi) is 6.02. The van der Waals surface area contributed by atoms with Gasteiger partial charge < -0.3 is 4.43 Å². The molecule has 0 N–H and O–H groups in total. The summed E-state index contributed by atoms with van der Waals surface area (Å²) in [4.78, 5) is 0. The zero-order chi connectivity index (χ0) is 15.4. The van der Waals surface area contributed by atoms with Crippen LogP contribution in [0, 0.1) is 6.92 Å². The van der Waals surface area contributed by atoms with Crippen LogP contribution in [0.25, 0.3) is 0 Å². The summed E-state index contributed by atoms with van der Waals surface area (Å²) in [5, 5.41) is 0.266. The summed E-state index contributed by atoms with van der Waals surface area (Å²) in [5.74, 6) is 0. The molecule has 0 fully saturated rings. The van der Waals surface area contributed by atoms with Crippen molar-refractivity contribution in [2.75, 3.05) is 0 Å². The number of hydrogen-bond acceptors (Lipinski definition) is 1. The van der Waals surface area contributed by atoms with E-state index in [0.29, 0.717) is 0 Å². The summed E-state index contributed by atoms with van der Waals surface area (Å²) >= 11 is 0. The van der Waals surface area contributed by atoms with Crippen molar-refractivity contribution >= 4 is 8.32 Å². The van der Waals surface area contributed by atoms with Crippen molar-refractivity contribution in [3.63, 3.8) is 0 Å². The standard InChI is InChI=1S/C18H32OSi/c1-8-9-10-17(16-13-11-15(2)12-14-16)19-20(6,7)18(3,4)5/h11-14,17H,8-10H2,1-7H3. The predicted molar refractivity (Wildman–Crippen MR) is 91.7 cm³/mol. The van der Waals surface area contributed by atoms with Gasteiger partial charge in [0, 0.05) is 0 Å². The maximum Gasteiger partial charge on any atom is 0.192 e. The molecular weight excluding hydrogens is 260 g/mol. The third-order valence-electron chi connectivity index (χ3n) is 4.51. The SMILES string of the molecule is CCCCC(O[Si](C)(C)C(C)(C)C)c1ccc(C)cc1. The number of aryl methyl sites for hydroxylation is 1. The highest BCUT2D eigenvalue weighted by atomic mass is 28.4. The number of unbranched alkanes of at least 4 members (excludes halogenated alkanes) is 1. The minimum Gasteiger partial charge on any atom is -0.410 e. The minimum atomic E-state index is -1.71. The monoisotopic (exact) mass is 292 g/mol. The van der Waals surface area contributed by atoms with Gasteiger partial charge in [-0.3, -0.25) is 0 Å². The van der Waals surface area contributed by atoms with Gasteiger partial charge in [-0.15, -0.1) is 0 Å². The van der Waals surface area contributed by atoms with Crippen LogP contribution in [0.1, 0.15) is 64.2 Å². The summed E-state index contributed by atoms with van der Waals surface area (Å²) in [5.41, 5.74) is 2.66. The maximum absolute atomic E-state index is 6.67. The van der Waals surface area contributed by atoms with E-state index in [1.807, 2.05) is 0 Å². The molecule has 0 aliphatic carbocycles. The summed E-state index contributed by atoms with van der Waals surface area (Å²) in [6.45, 7) is 16.0. The Balaban J connectivity index is 2.92. The van der Waals surface area contributed by atoms with E-state index in [-0.39, 0.29) is 11.1 Å². The van der Waals surface area contributed by atoms with E-state index < -0.39 is 8.32 Å². The quantitative estimate of drug-likeness (QED) is 0.563. The van der Waals surface area contributed by atoms with Gasteiger partial charge in [0.2, 0.25) is 0 Å². The molecule has 1 atom stereocenters. The first-order valence-electron chi connectivity index (χ1n) is 7.92. The molecule has 1 unspecified atom stereocenters. The smallest absolute Gasteiger partial charge is 0.192 e. The second-order valence-corrected chi connectivity index (χ2v) is 12.2. The maximum atomic E-state index is 6.67. The lowest BCUT2D eigenvalue weighted by atomic mass is 10.0. The molecule has 1 aromatic carbocycles. The number of benzene rings is 1. The summed E-state index contributed by atoms with van der Waals surface area (Å²) in [6, 6.07) is 8.87. The molecule has 114 valence electrons. The Morgan fingerprint density at radius 3 is 2.10 bits per heavy atom. The van der Waals surface area contributed by atoms with Crippen molar-refractivity contribution in [3.8, 4) is 0 Å². The molecule has 1 rings (SSSR count). The summed E-state index contributed by atoms with van der Waals surface area (Å²) in [7, 11) is -1.71. The zero-order valence-electron chi connectivity index (χ0n) is 14.4. The summed E-state index contributed by atoms with van der Waals surface area (Å²) < 4.78 is 6.67. The highest BCUT2D eigenvalue weighted by Crippen LogP contribution is 2.40. The van der Waals surface area contributed by atoms with E-state index in [1.165, 1.54) is 24.0 Å². The van der Waals surface area contributed by atoms with E-state index >= 15 is 0 Å². The molecule has 1 nitrogen and oxygen atoms in total.